The number of carbonyl (C=O) groups excluding carboxylic acids is 3. The van der Waals surface area contributed by atoms with E-state index in [1.165, 1.54) is 31.4 Å². The van der Waals surface area contributed by atoms with Crippen LogP contribution in [0, 0.1) is 5.92 Å². The van der Waals surface area contributed by atoms with Crippen molar-refractivity contribution in [3.8, 4) is 11.5 Å². The fourth-order valence-electron chi connectivity index (χ4n) is 4.08. The lowest BCUT2D eigenvalue weighted by molar-refractivity contribution is -0.134. The summed E-state index contributed by atoms with van der Waals surface area (Å²) in [6, 6.07) is 15.2. The number of carbonyl (C=O) groups is 3. The van der Waals surface area contributed by atoms with Gasteiger partial charge in [-0.2, -0.15) is 0 Å². The van der Waals surface area contributed by atoms with Crippen molar-refractivity contribution >= 4 is 17.7 Å². The van der Waals surface area contributed by atoms with E-state index >= 15 is 0 Å². The molecule has 0 aliphatic heterocycles. The summed E-state index contributed by atoms with van der Waals surface area (Å²) >= 11 is 0. The SMILES string of the molecule is COC(=O)c1ccc(OC(=O)CCCC=CC[C@H]2C(=O)C[C@@H](O)[C@@H]2OCC(O)COc2ccccc2)cc1. The van der Waals surface area contributed by atoms with Crippen LogP contribution in [0.25, 0.3) is 0 Å². The summed E-state index contributed by atoms with van der Waals surface area (Å²) in [6.07, 6.45) is 3.02. The Labute approximate surface area is 222 Å². The summed E-state index contributed by atoms with van der Waals surface area (Å²) in [6.45, 7) is -0.0256. The summed E-state index contributed by atoms with van der Waals surface area (Å²) in [4.78, 5) is 35.9. The van der Waals surface area contributed by atoms with Gasteiger partial charge in [0.25, 0.3) is 0 Å². The minimum Gasteiger partial charge on any atom is -0.491 e. The Hall–Kier alpha value is -3.53. The van der Waals surface area contributed by atoms with Crippen molar-refractivity contribution in [1.82, 2.24) is 0 Å². The maximum absolute atomic E-state index is 12.4. The number of para-hydroxylation sites is 1. The van der Waals surface area contributed by atoms with Gasteiger partial charge in [0.05, 0.1) is 31.5 Å². The van der Waals surface area contributed by atoms with Gasteiger partial charge in [0.15, 0.2) is 0 Å². The molecule has 1 unspecified atom stereocenters. The summed E-state index contributed by atoms with van der Waals surface area (Å²) in [7, 11) is 1.29. The van der Waals surface area contributed by atoms with Gasteiger partial charge >= 0.3 is 11.9 Å². The van der Waals surface area contributed by atoms with Crippen LogP contribution in [0.3, 0.4) is 0 Å². The lowest BCUT2D eigenvalue weighted by Crippen LogP contribution is -2.34. The van der Waals surface area contributed by atoms with Crippen molar-refractivity contribution in [3.63, 3.8) is 0 Å². The smallest absolute Gasteiger partial charge is 0.337 e. The molecule has 4 atom stereocenters. The molecule has 0 radical (unpaired) electrons. The average molecular weight is 527 g/mol. The molecule has 38 heavy (non-hydrogen) atoms. The van der Waals surface area contributed by atoms with Gasteiger partial charge in [-0.3, -0.25) is 9.59 Å². The fraction of sp³-hybridized carbons (Fsp3) is 0.414. The summed E-state index contributed by atoms with van der Waals surface area (Å²) < 4.78 is 21.1. The van der Waals surface area contributed by atoms with Crippen LogP contribution in [-0.4, -0.2) is 66.6 Å². The van der Waals surface area contributed by atoms with Gasteiger partial charge in [-0.25, -0.2) is 4.79 Å². The van der Waals surface area contributed by atoms with Crippen LogP contribution in [0.5, 0.6) is 11.5 Å². The molecular weight excluding hydrogens is 492 g/mol. The Kier molecular flexibility index (Phi) is 11.5. The van der Waals surface area contributed by atoms with E-state index in [1.807, 2.05) is 30.4 Å². The molecule has 0 aromatic heterocycles. The zero-order valence-corrected chi connectivity index (χ0v) is 21.4. The van der Waals surface area contributed by atoms with E-state index in [0.29, 0.717) is 36.3 Å². The third kappa shape index (κ3) is 9.09. The van der Waals surface area contributed by atoms with Gasteiger partial charge in [-0.15, -0.1) is 0 Å². The highest BCUT2D eigenvalue weighted by molar-refractivity contribution is 5.89. The van der Waals surface area contributed by atoms with Crippen molar-refractivity contribution in [1.29, 1.82) is 0 Å². The van der Waals surface area contributed by atoms with Crippen LogP contribution in [0.1, 0.15) is 42.5 Å². The highest BCUT2D eigenvalue weighted by Crippen LogP contribution is 2.29. The summed E-state index contributed by atoms with van der Waals surface area (Å²) in [5.74, 6) is -0.452. The third-order valence-corrected chi connectivity index (χ3v) is 6.08. The number of unbranched alkanes of at least 4 members (excludes halogenated alkanes) is 1. The highest BCUT2D eigenvalue weighted by Gasteiger charge is 2.41. The molecule has 2 N–H and O–H groups in total. The molecule has 9 heteroatoms. The average Bonchev–Trinajstić information content (AvgIpc) is 3.20. The number of rotatable bonds is 14. The molecule has 0 bridgehead atoms. The van der Waals surface area contributed by atoms with Gasteiger partial charge in [0, 0.05) is 18.8 Å². The molecule has 1 aliphatic rings. The predicted molar refractivity (Wildman–Crippen MR) is 138 cm³/mol. The van der Waals surface area contributed by atoms with Crippen LogP contribution in [0.4, 0.5) is 0 Å². The van der Waals surface area contributed by atoms with Gasteiger partial charge in [0.1, 0.15) is 30.0 Å². The van der Waals surface area contributed by atoms with Crippen molar-refractivity contribution in [2.45, 2.75) is 50.4 Å². The first-order valence-electron chi connectivity index (χ1n) is 12.6. The molecule has 2 aromatic carbocycles. The number of aliphatic hydroxyl groups excluding tert-OH is 2. The lowest BCUT2D eigenvalue weighted by Gasteiger charge is -2.22. The molecule has 9 nitrogen and oxygen atoms in total. The Morgan fingerprint density at radius 2 is 1.76 bits per heavy atom. The van der Waals surface area contributed by atoms with Crippen molar-refractivity contribution in [2.24, 2.45) is 5.92 Å². The standard InChI is InChI=1S/C29H34O9/c1-35-29(34)20-13-15-23(16-14-20)38-27(33)12-8-3-2-7-11-24-25(31)17-26(32)28(24)37-19-21(30)18-36-22-9-5-4-6-10-22/h2,4-7,9-10,13-16,21,24,26,28,30,32H,3,8,11-12,17-19H2,1H3/t21?,24-,26+,28+/m0/s1. The Morgan fingerprint density at radius 3 is 2.47 bits per heavy atom. The zero-order valence-electron chi connectivity index (χ0n) is 21.4. The highest BCUT2D eigenvalue weighted by atomic mass is 16.5. The molecule has 1 fully saturated rings. The van der Waals surface area contributed by atoms with E-state index in [-0.39, 0.29) is 37.8 Å². The molecule has 3 rings (SSSR count). The van der Waals surface area contributed by atoms with Gasteiger partial charge in [-0.05, 0) is 55.7 Å². The lowest BCUT2D eigenvalue weighted by atomic mass is 9.99. The number of ketones is 1. The number of ether oxygens (including phenoxy) is 4. The van der Waals surface area contributed by atoms with E-state index in [9.17, 15) is 24.6 Å². The number of hydrogen-bond acceptors (Lipinski definition) is 9. The second-order valence-electron chi connectivity index (χ2n) is 9.01. The molecule has 0 amide bonds. The first kappa shape index (κ1) is 29.0. The second-order valence-corrected chi connectivity index (χ2v) is 9.01. The first-order chi connectivity index (χ1) is 18.4. The van der Waals surface area contributed by atoms with Crippen LogP contribution in [0.2, 0.25) is 0 Å². The number of allylic oxidation sites excluding steroid dienone is 2. The fourth-order valence-corrected chi connectivity index (χ4v) is 4.08. The van der Waals surface area contributed by atoms with Crippen LogP contribution < -0.4 is 9.47 Å². The number of Topliss-reactive ketones (excluding diaryl/α,β-unsaturated/α-hetero) is 1. The van der Waals surface area contributed by atoms with Crippen molar-refractivity contribution in [3.05, 3.63) is 72.3 Å². The first-order valence-corrected chi connectivity index (χ1v) is 12.6. The summed E-state index contributed by atoms with van der Waals surface area (Å²) in [5.41, 5.74) is 0.367. The van der Waals surface area contributed by atoms with E-state index in [4.69, 9.17) is 14.2 Å². The van der Waals surface area contributed by atoms with Crippen LogP contribution in [0.15, 0.2) is 66.7 Å². The Balaban J connectivity index is 1.35. The number of benzene rings is 2. The van der Waals surface area contributed by atoms with Gasteiger partial charge in [0.2, 0.25) is 0 Å². The minimum atomic E-state index is -0.917. The quantitative estimate of drug-likeness (QED) is 0.165. The number of esters is 2. The molecule has 1 aliphatic carbocycles. The van der Waals surface area contributed by atoms with Gasteiger partial charge in [-0.1, -0.05) is 30.4 Å². The molecular formula is C29H34O9. The Bertz CT molecular complexity index is 1070. The van der Waals surface area contributed by atoms with Crippen molar-refractivity contribution < 1.29 is 43.5 Å². The molecule has 0 saturated heterocycles. The molecule has 0 spiro atoms. The predicted octanol–water partition coefficient (Wildman–Crippen LogP) is 3.27. The maximum atomic E-state index is 12.4. The molecule has 204 valence electrons. The normalized spacial score (nSPS) is 19.9. The summed E-state index contributed by atoms with van der Waals surface area (Å²) in [5, 5.41) is 20.4. The van der Waals surface area contributed by atoms with Gasteiger partial charge < -0.3 is 29.2 Å². The van der Waals surface area contributed by atoms with E-state index in [2.05, 4.69) is 4.74 Å². The second kappa shape index (κ2) is 15.0. The maximum Gasteiger partial charge on any atom is 0.337 e. The number of hydrogen-bond donors (Lipinski definition) is 2. The zero-order chi connectivity index (χ0) is 27.3. The van der Waals surface area contributed by atoms with Crippen LogP contribution in [-0.2, 0) is 19.1 Å². The monoisotopic (exact) mass is 526 g/mol. The minimum absolute atomic E-state index is 0.0201. The molecule has 0 heterocycles. The van der Waals surface area contributed by atoms with E-state index < -0.39 is 30.2 Å². The number of aliphatic hydroxyl groups is 2. The largest absolute Gasteiger partial charge is 0.491 e. The Morgan fingerprint density at radius 1 is 1.03 bits per heavy atom. The van der Waals surface area contributed by atoms with E-state index in [1.54, 1.807) is 12.1 Å². The molecule has 1 saturated carbocycles. The number of methoxy groups -OCH3 is 1. The van der Waals surface area contributed by atoms with Crippen molar-refractivity contribution in [2.75, 3.05) is 20.3 Å². The molecule has 2 aromatic rings. The van der Waals surface area contributed by atoms with Crippen LogP contribution >= 0.6 is 0 Å². The topological polar surface area (TPSA) is 129 Å². The van der Waals surface area contributed by atoms with E-state index in [0.717, 1.165) is 0 Å². The third-order valence-electron chi connectivity index (χ3n) is 6.08.